The van der Waals surface area contributed by atoms with Gasteiger partial charge in [0, 0.05) is 43.1 Å². The fraction of sp³-hybridized carbons (Fsp3) is 0.227. The van der Waals surface area contributed by atoms with Crippen molar-refractivity contribution in [2.45, 2.75) is 6.10 Å². The van der Waals surface area contributed by atoms with Gasteiger partial charge in [0.05, 0.1) is 25.1 Å². The number of hydrogen-bond donors (Lipinski definition) is 3. The Balaban J connectivity index is 1.59. The highest BCUT2D eigenvalue weighted by molar-refractivity contribution is 5.79. The van der Waals surface area contributed by atoms with Crippen molar-refractivity contribution in [3.63, 3.8) is 0 Å². The van der Waals surface area contributed by atoms with Crippen molar-refractivity contribution in [2.24, 2.45) is 0 Å². The summed E-state index contributed by atoms with van der Waals surface area (Å²) in [4.78, 5) is 12.8. The van der Waals surface area contributed by atoms with E-state index in [0.717, 1.165) is 29.9 Å². The summed E-state index contributed by atoms with van der Waals surface area (Å²) in [6.07, 6.45) is 10.1. The molecule has 2 aromatic heterocycles. The van der Waals surface area contributed by atoms with Gasteiger partial charge in [-0.2, -0.15) is 0 Å². The van der Waals surface area contributed by atoms with Gasteiger partial charge < -0.3 is 20.7 Å². The van der Waals surface area contributed by atoms with E-state index in [9.17, 15) is 4.39 Å². The van der Waals surface area contributed by atoms with E-state index in [2.05, 4.69) is 36.8 Å². The number of morpholine rings is 1. The first-order valence-electron chi connectivity index (χ1n) is 9.59. The summed E-state index contributed by atoms with van der Waals surface area (Å²) in [5.41, 5.74) is 2.79. The van der Waals surface area contributed by atoms with Gasteiger partial charge in [-0.3, -0.25) is 0 Å². The van der Waals surface area contributed by atoms with E-state index in [1.54, 1.807) is 18.5 Å². The second kappa shape index (κ2) is 9.31. The van der Waals surface area contributed by atoms with Crippen LogP contribution in [0.5, 0.6) is 0 Å². The van der Waals surface area contributed by atoms with Crippen LogP contribution in [-0.4, -0.2) is 47.3 Å². The van der Waals surface area contributed by atoms with Crippen molar-refractivity contribution in [3.05, 3.63) is 60.4 Å². The quantitative estimate of drug-likeness (QED) is 0.545. The van der Waals surface area contributed by atoms with Crippen LogP contribution in [0.15, 0.2) is 48.9 Å². The van der Waals surface area contributed by atoms with E-state index >= 15 is 0 Å². The molecule has 152 valence electrons. The standard InChI is InChI=1S/C22H21FN6O/c1-2-17-10-27-22(14-25-17)29-21-9-20(26-12-18-11-24-6-7-30-18)19(13-28-21)15-4-3-5-16(23)8-15/h1,3-5,8-10,13-14,18,24H,6-7,11-12H2,(H2,26,27,28,29)/t18-/m0/s1. The predicted octanol–water partition coefficient (Wildman–Crippen LogP) is 2.80. The van der Waals surface area contributed by atoms with Crippen LogP contribution in [0, 0.1) is 18.2 Å². The minimum Gasteiger partial charge on any atom is -0.382 e. The number of ether oxygens (including phenoxy) is 1. The molecule has 8 heteroatoms. The number of aromatic nitrogens is 3. The lowest BCUT2D eigenvalue weighted by molar-refractivity contribution is 0.0372. The minimum atomic E-state index is -0.302. The monoisotopic (exact) mass is 404 g/mol. The molecule has 1 fully saturated rings. The van der Waals surface area contributed by atoms with Gasteiger partial charge in [0.1, 0.15) is 23.1 Å². The first-order chi connectivity index (χ1) is 14.7. The van der Waals surface area contributed by atoms with Crippen molar-refractivity contribution < 1.29 is 9.13 Å². The Bertz CT molecular complexity index is 1040. The molecule has 4 rings (SSSR count). The van der Waals surface area contributed by atoms with Gasteiger partial charge in [-0.15, -0.1) is 6.42 Å². The number of halogens is 1. The van der Waals surface area contributed by atoms with Crippen molar-refractivity contribution in [1.29, 1.82) is 0 Å². The minimum absolute atomic E-state index is 0.0471. The summed E-state index contributed by atoms with van der Waals surface area (Å²) < 4.78 is 19.5. The second-order valence-electron chi connectivity index (χ2n) is 6.76. The van der Waals surface area contributed by atoms with Crippen LogP contribution in [0.3, 0.4) is 0 Å². The van der Waals surface area contributed by atoms with Crippen LogP contribution in [0.1, 0.15) is 5.69 Å². The molecule has 1 aliphatic heterocycles. The van der Waals surface area contributed by atoms with Gasteiger partial charge in [-0.05, 0) is 23.6 Å². The van der Waals surface area contributed by atoms with Gasteiger partial charge >= 0.3 is 0 Å². The molecule has 1 aromatic carbocycles. The fourth-order valence-electron chi connectivity index (χ4n) is 3.13. The molecule has 1 atom stereocenters. The average Bonchev–Trinajstić information content (AvgIpc) is 2.79. The highest BCUT2D eigenvalue weighted by Gasteiger charge is 2.15. The average molecular weight is 404 g/mol. The highest BCUT2D eigenvalue weighted by atomic mass is 19.1. The van der Waals surface area contributed by atoms with Crippen LogP contribution in [0.2, 0.25) is 0 Å². The van der Waals surface area contributed by atoms with E-state index in [-0.39, 0.29) is 11.9 Å². The first kappa shape index (κ1) is 19.8. The zero-order valence-corrected chi connectivity index (χ0v) is 16.2. The number of pyridine rings is 1. The molecule has 0 amide bonds. The van der Waals surface area contributed by atoms with Crippen LogP contribution in [0.25, 0.3) is 11.1 Å². The number of rotatable bonds is 6. The zero-order chi connectivity index (χ0) is 20.8. The zero-order valence-electron chi connectivity index (χ0n) is 16.2. The number of anilines is 3. The van der Waals surface area contributed by atoms with Gasteiger partial charge in [0.25, 0.3) is 0 Å². The Morgan fingerprint density at radius 2 is 2.07 bits per heavy atom. The molecule has 30 heavy (non-hydrogen) atoms. The van der Waals surface area contributed by atoms with Gasteiger partial charge in [-0.1, -0.05) is 12.1 Å². The molecule has 1 aliphatic rings. The molecule has 0 spiro atoms. The molecule has 3 aromatic rings. The molecular formula is C22H21FN6O. The molecule has 0 unspecified atom stereocenters. The van der Waals surface area contributed by atoms with Crippen molar-refractivity contribution in [3.8, 4) is 23.5 Å². The number of benzene rings is 1. The molecule has 3 heterocycles. The van der Waals surface area contributed by atoms with Crippen LogP contribution < -0.4 is 16.0 Å². The molecule has 0 radical (unpaired) electrons. The van der Waals surface area contributed by atoms with Gasteiger partial charge in [0.2, 0.25) is 0 Å². The SMILES string of the molecule is C#Cc1cnc(Nc2cc(NC[C@@H]3CNCCO3)c(-c3cccc(F)c3)cn2)cn1. The third-order valence-corrected chi connectivity index (χ3v) is 4.62. The summed E-state index contributed by atoms with van der Waals surface area (Å²) >= 11 is 0. The molecule has 0 aliphatic carbocycles. The van der Waals surface area contributed by atoms with Crippen LogP contribution in [0.4, 0.5) is 21.7 Å². The van der Waals surface area contributed by atoms with E-state index in [0.29, 0.717) is 30.5 Å². The molecular weight excluding hydrogens is 383 g/mol. The predicted molar refractivity (Wildman–Crippen MR) is 114 cm³/mol. The lowest BCUT2D eigenvalue weighted by Crippen LogP contribution is -2.42. The number of nitrogens with zero attached hydrogens (tertiary/aromatic N) is 3. The molecule has 1 saturated heterocycles. The number of nitrogens with one attached hydrogen (secondary N) is 3. The molecule has 0 bridgehead atoms. The van der Waals surface area contributed by atoms with Crippen LogP contribution in [-0.2, 0) is 4.74 Å². The van der Waals surface area contributed by atoms with Gasteiger partial charge in [0.15, 0.2) is 0 Å². The Labute approximate surface area is 174 Å². The van der Waals surface area contributed by atoms with E-state index in [1.165, 1.54) is 18.3 Å². The number of hydrogen-bond acceptors (Lipinski definition) is 7. The Kier molecular flexibility index (Phi) is 6.13. The third-order valence-electron chi connectivity index (χ3n) is 4.62. The summed E-state index contributed by atoms with van der Waals surface area (Å²) in [5, 5.41) is 9.84. The Morgan fingerprint density at radius 3 is 2.80 bits per heavy atom. The van der Waals surface area contributed by atoms with Crippen LogP contribution >= 0.6 is 0 Å². The number of terminal acetylenes is 1. The maximum Gasteiger partial charge on any atom is 0.150 e. The Morgan fingerprint density at radius 1 is 1.17 bits per heavy atom. The summed E-state index contributed by atoms with van der Waals surface area (Å²) in [5.74, 6) is 3.22. The normalized spacial score (nSPS) is 15.9. The molecule has 7 nitrogen and oxygen atoms in total. The van der Waals surface area contributed by atoms with Gasteiger partial charge in [-0.25, -0.2) is 19.3 Å². The van der Waals surface area contributed by atoms with E-state index < -0.39 is 0 Å². The highest BCUT2D eigenvalue weighted by Crippen LogP contribution is 2.30. The maximum absolute atomic E-state index is 13.8. The molecule has 3 N–H and O–H groups in total. The summed E-state index contributed by atoms with van der Waals surface area (Å²) in [6, 6.07) is 8.28. The largest absolute Gasteiger partial charge is 0.382 e. The van der Waals surface area contributed by atoms with E-state index in [4.69, 9.17) is 11.2 Å². The first-order valence-corrected chi connectivity index (χ1v) is 9.59. The summed E-state index contributed by atoms with van der Waals surface area (Å²) in [7, 11) is 0. The van der Waals surface area contributed by atoms with Crippen molar-refractivity contribution in [1.82, 2.24) is 20.3 Å². The van der Waals surface area contributed by atoms with E-state index in [1.807, 2.05) is 12.1 Å². The topological polar surface area (TPSA) is 84.0 Å². The van der Waals surface area contributed by atoms with Crippen molar-refractivity contribution in [2.75, 3.05) is 36.9 Å². The molecule has 0 saturated carbocycles. The smallest absolute Gasteiger partial charge is 0.150 e. The second-order valence-corrected chi connectivity index (χ2v) is 6.76. The van der Waals surface area contributed by atoms with Crippen molar-refractivity contribution >= 4 is 17.3 Å². The fourth-order valence-corrected chi connectivity index (χ4v) is 3.13. The maximum atomic E-state index is 13.8. The summed E-state index contributed by atoms with van der Waals surface area (Å²) in [6.45, 7) is 2.91. The lowest BCUT2D eigenvalue weighted by Gasteiger charge is -2.25. The Hall–Kier alpha value is -3.54. The third kappa shape index (κ3) is 4.89. The lowest BCUT2D eigenvalue weighted by atomic mass is 10.1.